The molecule has 0 fully saturated rings. The predicted octanol–water partition coefficient (Wildman–Crippen LogP) is 6.92. The minimum absolute atomic E-state index is 0.234. The van der Waals surface area contributed by atoms with E-state index in [-0.39, 0.29) is 22.7 Å². The number of methoxy groups -OCH3 is 1. The van der Waals surface area contributed by atoms with Gasteiger partial charge in [0.15, 0.2) is 16.2 Å². The summed E-state index contributed by atoms with van der Waals surface area (Å²) in [6, 6.07) is 28.3. The number of oxazole rings is 1. The maximum atomic E-state index is 15.4. The first kappa shape index (κ1) is 33.1. The summed E-state index contributed by atoms with van der Waals surface area (Å²) in [4.78, 5) is 29.2. The minimum atomic E-state index is -3.41. The lowest BCUT2D eigenvalue weighted by Crippen LogP contribution is -2.65. The second kappa shape index (κ2) is 13.6. The van der Waals surface area contributed by atoms with Crippen molar-refractivity contribution in [2.24, 2.45) is 5.73 Å². The predicted molar refractivity (Wildman–Crippen MR) is 178 cm³/mol. The quantitative estimate of drug-likeness (QED) is 0.136. The van der Waals surface area contributed by atoms with Crippen LogP contribution in [0.2, 0.25) is 5.04 Å². The molecule has 1 aromatic heterocycles. The van der Waals surface area contributed by atoms with Crippen molar-refractivity contribution in [3.8, 4) is 23.0 Å². The molecular weight excluding hydrogens is 674 g/mol. The lowest BCUT2D eigenvalue weighted by atomic mass is 10.0. The number of hydrogen-bond donors (Lipinski definition) is 2. The smallest absolute Gasteiger partial charge is 0.258 e. The van der Waals surface area contributed by atoms with Gasteiger partial charge in [0.1, 0.15) is 28.9 Å². The average Bonchev–Trinajstić information content (AvgIpc) is 3.45. The largest absolute Gasteiger partial charge is 0.497 e. The Morgan fingerprint density at radius 2 is 1.57 bits per heavy atom. The molecule has 1 unspecified atom stereocenters. The Balaban J connectivity index is 1.55. The highest BCUT2D eigenvalue weighted by Gasteiger charge is 2.50. The molecule has 5 aromatic rings. The molecule has 46 heavy (non-hydrogen) atoms. The van der Waals surface area contributed by atoms with Crippen molar-refractivity contribution in [3.05, 3.63) is 125 Å². The molecule has 0 aliphatic rings. The summed E-state index contributed by atoms with van der Waals surface area (Å²) in [6.45, 7) is 4.00. The number of primary amides is 1. The number of carbonyl (C=O) groups excluding carboxylic acids is 1. The standard InChI is InChI=1S/C35H33BrF2N2O5Si/c1-35(2,46(42,24-10-6-4-7-11-24)25-12-8-5-9-13-25)21-20-28(44-27-19-18-26(37)29(30(27)38)33(39)41)31-32(36)45-34(40-31)22-14-16-23(43-3)17-15-22/h4-19,28,42H,20-21H2,1-3H3,(H2,39,41). The average molecular weight is 708 g/mol. The van der Waals surface area contributed by atoms with Gasteiger partial charge in [0.25, 0.3) is 14.2 Å². The highest BCUT2D eigenvalue weighted by molar-refractivity contribution is 9.10. The zero-order chi connectivity index (χ0) is 33.1. The summed E-state index contributed by atoms with van der Waals surface area (Å²) >= 11 is 3.46. The molecule has 0 saturated heterocycles. The first-order valence-electron chi connectivity index (χ1n) is 14.5. The van der Waals surface area contributed by atoms with Crippen molar-refractivity contribution < 1.29 is 32.3 Å². The van der Waals surface area contributed by atoms with Crippen LogP contribution in [0.3, 0.4) is 0 Å². The van der Waals surface area contributed by atoms with Crippen LogP contribution in [0.5, 0.6) is 11.5 Å². The van der Waals surface area contributed by atoms with E-state index < -0.39 is 42.6 Å². The Hall–Kier alpha value is -4.32. The second-order valence-corrected chi connectivity index (χ2v) is 16.1. The van der Waals surface area contributed by atoms with Crippen LogP contribution in [0.25, 0.3) is 11.5 Å². The summed E-state index contributed by atoms with van der Waals surface area (Å²) in [5.74, 6) is -3.02. The van der Waals surface area contributed by atoms with E-state index in [2.05, 4.69) is 15.9 Å². The Morgan fingerprint density at radius 1 is 0.978 bits per heavy atom. The van der Waals surface area contributed by atoms with E-state index in [1.54, 1.807) is 31.4 Å². The van der Waals surface area contributed by atoms with Crippen LogP contribution >= 0.6 is 15.9 Å². The van der Waals surface area contributed by atoms with E-state index in [4.69, 9.17) is 24.6 Å². The van der Waals surface area contributed by atoms with Crippen LogP contribution in [-0.4, -0.2) is 31.1 Å². The lowest BCUT2D eigenvalue weighted by molar-refractivity contribution is 0.0989. The second-order valence-electron chi connectivity index (χ2n) is 11.5. The van der Waals surface area contributed by atoms with Crippen molar-refractivity contribution in [1.82, 2.24) is 4.98 Å². The van der Waals surface area contributed by atoms with Crippen LogP contribution in [-0.2, 0) is 0 Å². The third kappa shape index (κ3) is 6.48. The van der Waals surface area contributed by atoms with Crippen molar-refractivity contribution in [2.75, 3.05) is 7.11 Å². The number of rotatable bonds is 12. The molecule has 1 heterocycles. The van der Waals surface area contributed by atoms with Crippen LogP contribution in [0.4, 0.5) is 8.78 Å². The normalized spacial score (nSPS) is 12.5. The van der Waals surface area contributed by atoms with Crippen molar-refractivity contribution >= 4 is 40.5 Å². The maximum absolute atomic E-state index is 15.4. The van der Waals surface area contributed by atoms with Gasteiger partial charge in [-0.3, -0.25) is 4.79 Å². The van der Waals surface area contributed by atoms with Gasteiger partial charge in [0.2, 0.25) is 5.89 Å². The molecule has 1 atom stereocenters. The zero-order valence-electron chi connectivity index (χ0n) is 25.5. The van der Waals surface area contributed by atoms with Crippen LogP contribution in [0.1, 0.15) is 48.8 Å². The molecule has 0 spiro atoms. The van der Waals surface area contributed by atoms with E-state index >= 15 is 4.39 Å². The lowest BCUT2D eigenvalue weighted by Gasteiger charge is -2.41. The molecule has 1 amide bonds. The number of amides is 1. The Labute approximate surface area is 275 Å². The molecule has 0 radical (unpaired) electrons. The molecule has 4 aromatic carbocycles. The van der Waals surface area contributed by atoms with Gasteiger partial charge in [-0.15, -0.1) is 0 Å². The molecule has 5 rings (SSSR count). The summed E-state index contributed by atoms with van der Waals surface area (Å²) in [5.41, 5.74) is 5.35. The van der Waals surface area contributed by atoms with Crippen LogP contribution < -0.4 is 25.6 Å². The fourth-order valence-corrected chi connectivity index (χ4v) is 9.85. The number of carbonyl (C=O) groups is 1. The molecule has 0 aliphatic heterocycles. The van der Waals surface area contributed by atoms with Crippen LogP contribution in [0.15, 0.2) is 106 Å². The van der Waals surface area contributed by atoms with E-state index in [0.717, 1.165) is 22.5 Å². The van der Waals surface area contributed by atoms with Crippen molar-refractivity contribution in [2.45, 2.75) is 37.8 Å². The Bertz CT molecular complexity index is 1780. The molecule has 0 saturated carbocycles. The third-order valence-corrected chi connectivity index (χ3v) is 13.3. The number of nitrogens with two attached hydrogens (primary N) is 1. The molecule has 11 heteroatoms. The fourth-order valence-electron chi connectivity index (χ4n) is 5.60. The number of nitrogens with zero attached hydrogens (tertiary/aromatic N) is 1. The van der Waals surface area contributed by atoms with Gasteiger partial charge < -0.3 is 24.4 Å². The summed E-state index contributed by atoms with van der Waals surface area (Å²) in [5, 5.41) is 0.985. The summed E-state index contributed by atoms with van der Waals surface area (Å²) in [6.07, 6.45) is -0.319. The fraction of sp³-hybridized carbons (Fsp3) is 0.200. The monoisotopic (exact) mass is 706 g/mol. The van der Waals surface area contributed by atoms with Gasteiger partial charge in [-0.05, 0) is 80.6 Å². The molecule has 3 N–H and O–H groups in total. The highest BCUT2D eigenvalue weighted by Crippen LogP contribution is 2.44. The van der Waals surface area contributed by atoms with Gasteiger partial charge >= 0.3 is 0 Å². The van der Waals surface area contributed by atoms with Crippen molar-refractivity contribution in [3.63, 3.8) is 0 Å². The van der Waals surface area contributed by atoms with Gasteiger partial charge in [-0.25, -0.2) is 13.8 Å². The molecular formula is C35H33BrF2N2O5Si. The Kier molecular flexibility index (Phi) is 9.76. The Morgan fingerprint density at radius 3 is 2.11 bits per heavy atom. The van der Waals surface area contributed by atoms with E-state index in [0.29, 0.717) is 23.4 Å². The molecule has 0 aliphatic carbocycles. The third-order valence-electron chi connectivity index (χ3n) is 8.22. The highest BCUT2D eigenvalue weighted by atomic mass is 79.9. The zero-order valence-corrected chi connectivity index (χ0v) is 28.1. The molecule has 0 bridgehead atoms. The van der Waals surface area contributed by atoms with E-state index in [9.17, 15) is 14.0 Å². The van der Waals surface area contributed by atoms with Crippen LogP contribution in [0, 0.1) is 11.6 Å². The minimum Gasteiger partial charge on any atom is -0.497 e. The van der Waals surface area contributed by atoms with E-state index in [1.807, 2.05) is 74.5 Å². The topological polar surface area (TPSA) is 108 Å². The summed E-state index contributed by atoms with van der Waals surface area (Å²) in [7, 11) is -1.84. The number of ether oxygens (including phenoxy) is 2. The number of benzene rings is 4. The first-order chi connectivity index (χ1) is 22.0. The number of hydrogen-bond acceptors (Lipinski definition) is 6. The maximum Gasteiger partial charge on any atom is 0.258 e. The van der Waals surface area contributed by atoms with Gasteiger partial charge in [-0.2, -0.15) is 0 Å². The molecule has 7 nitrogen and oxygen atoms in total. The van der Waals surface area contributed by atoms with Crippen molar-refractivity contribution in [1.29, 1.82) is 0 Å². The number of aromatic nitrogens is 1. The molecule has 238 valence electrons. The SMILES string of the molecule is COc1ccc(-c2nc(C(CCC(C)(C)[Si](O)(c3ccccc3)c3ccccc3)Oc3ccc(F)c(C(N)=O)c3F)c(Br)o2)cc1. The van der Waals surface area contributed by atoms with Gasteiger partial charge in [0, 0.05) is 5.56 Å². The summed E-state index contributed by atoms with van der Waals surface area (Å²) < 4.78 is 47.4. The number of halogens is 3. The first-order valence-corrected chi connectivity index (χ1v) is 17.3. The van der Waals surface area contributed by atoms with Gasteiger partial charge in [0.05, 0.1) is 7.11 Å². The van der Waals surface area contributed by atoms with E-state index in [1.165, 1.54) is 0 Å². The van der Waals surface area contributed by atoms with Gasteiger partial charge in [-0.1, -0.05) is 74.5 Å².